The molecular weight excluding hydrogens is 224 g/mol. The van der Waals surface area contributed by atoms with Crippen LogP contribution in [-0.4, -0.2) is 22.2 Å². The topological polar surface area (TPSA) is 54.4 Å². The number of aliphatic carboxylic acids is 1. The molecule has 0 radical (unpaired) electrons. The van der Waals surface area contributed by atoms with E-state index in [1.54, 1.807) is 0 Å². The van der Waals surface area contributed by atoms with Gasteiger partial charge in [-0.05, 0) is 12.8 Å². The van der Waals surface area contributed by atoms with Crippen LogP contribution in [0.2, 0.25) is 0 Å². The number of hydrogen-bond acceptors (Lipinski definition) is 2. The van der Waals surface area contributed by atoms with Crippen LogP contribution in [0.15, 0.2) is 0 Å². The molecule has 0 aliphatic rings. The van der Waals surface area contributed by atoms with Crippen molar-refractivity contribution in [3.8, 4) is 0 Å². The van der Waals surface area contributed by atoms with E-state index in [2.05, 4.69) is 15.9 Å². The lowest BCUT2D eigenvalue weighted by molar-refractivity contribution is -0.136. The van der Waals surface area contributed by atoms with Crippen LogP contribution in [0, 0.1) is 0 Å². The van der Waals surface area contributed by atoms with Gasteiger partial charge in [0.1, 0.15) is 11.1 Å². The Hall–Kier alpha value is -0.380. The molecule has 70 valence electrons. The molecule has 1 N–H and O–H groups in total. The van der Waals surface area contributed by atoms with Gasteiger partial charge in [-0.2, -0.15) is 0 Å². The molecule has 0 spiro atoms. The zero-order valence-corrected chi connectivity index (χ0v) is 8.42. The van der Waals surface area contributed by atoms with E-state index in [-0.39, 0.29) is 0 Å². The average molecular weight is 237 g/mol. The number of halogens is 1. The lowest BCUT2D eigenvalue weighted by Crippen LogP contribution is -2.11. The monoisotopic (exact) mass is 236 g/mol. The second-order valence-corrected chi connectivity index (χ2v) is 3.72. The maximum Gasteiger partial charge on any atom is 0.317 e. The normalized spacial score (nSPS) is 12.4. The van der Waals surface area contributed by atoms with E-state index >= 15 is 0 Å². The summed E-state index contributed by atoms with van der Waals surface area (Å²) < 4.78 is 0. The van der Waals surface area contributed by atoms with Crippen molar-refractivity contribution < 1.29 is 14.7 Å². The maximum atomic E-state index is 10.3. The predicted octanol–water partition coefficient (Wildman–Crippen LogP) is 1.98. The Bertz CT molecular complexity index is 147. The summed E-state index contributed by atoms with van der Waals surface area (Å²) in [7, 11) is 0. The highest BCUT2D eigenvalue weighted by atomic mass is 79.9. The quantitative estimate of drug-likeness (QED) is 0.418. The second-order valence-electron chi connectivity index (χ2n) is 2.61. The molecule has 0 aromatic heterocycles. The van der Waals surface area contributed by atoms with Gasteiger partial charge in [0.2, 0.25) is 0 Å². The van der Waals surface area contributed by atoms with Gasteiger partial charge in [0.05, 0.1) is 0 Å². The smallest absolute Gasteiger partial charge is 0.317 e. The van der Waals surface area contributed by atoms with E-state index in [4.69, 9.17) is 5.11 Å². The van der Waals surface area contributed by atoms with Crippen LogP contribution in [0.1, 0.15) is 32.1 Å². The van der Waals surface area contributed by atoms with Crippen molar-refractivity contribution in [2.45, 2.75) is 36.9 Å². The molecule has 0 amide bonds. The molecule has 0 rings (SSSR count). The van der Waals surface area contributed by atoms with E-state index in [0.29, 0.717) is 12.8 Å². The molecule has 1 unspecified atom stereocenters. The minimum absolute atomic E-state index is 0.436. The average Bonchev–Trinajstić information content (AvgIpc) is 2.03. The van der Waals surface area contributed by atoms with Gasteiger partial charge in [-0.3, -0.25) is 4.79 Å². The predicted molar refractivity (Wildman–Crippen MR) is 49.5 cm³/mol. The van der Waals surface area contributed by atoms with Crippen LogP contribution in [0.3, 0.4) is 0 Å². The van der Waals surface area contributed by atoms with Crippen LogP contribution < -0.4 is 0 Å². The molecule has 0 aliphatic heterocycles. The Morgan fingerprint density at radius 3 is 2.58 bits per heavy atom. The maximum absolute atomic E-state index is 10.3. The first-order valence-electron chi connectivity index (χ1n) is 3.99. The fourth-order valence-electron chi connectivity index (χ4n) is 0.851. The van der Waals surface area contributed by atoms with E-state index in [9.17, 15) is 9.59 Å². The SMILES string of the molecule is O=CCCCCCC(Br)C(=O)O. The number of unbranched alkanes of at least 4 members (excludes halogenated alkanes) is 3. The van der Waals surface area contributed by atoms with Crippen molar-refractivity contribution in [1.29, 1.82) is 0 Å². The zero-order chi connectivity index (χ0) is 9.40. The van der Waals surface area contributed by atoms with Gasteiger partial charge in [-0.25, -0.2) is 0 Å². The molecule has 12 heavy (non-hydrogen) atoms. The van der Waals surface area contributed by atoms with Crippen LogP contribution in [0.4, 0.5) is 0 Å². The minimum atomic E-state index is -0.814. The van der Waals surface area contributed by atoms with Gasteiger partial charge >= 0.3 is 5.97 Å². The zero-order valence-electron chi connectivity index (χ0n) is 6.83. The number of carboxylic acid groups (broad SMARTS) is 1. The highest BCUT2D eigenvalue weighted by molar-refractivity contribution is 9.10. The van der Waals surface area contributed by atoms with Gasteiger partial charge in [0, 0.05) is 6.42 Å². The third-order valence-corrected chi connectivity index (χ3v) is 2.40. The number of aldehydes is 1. The summed E-state index contributed by atoms with van der Waals surface area (Å²) in [5.41, 5.74) is 0. The summed E-state index contributed by atoms with van der Waals surface area (Å²) in [6.45, 7) is 0. The lowest BCUT2D eigenvalue weighted by atomic mass is 10.1. The Morgan fingerprint density at radius 2 is 2.08 bits per heavy atom. The molecule has 0 bridgehead atoms. The first kappa shape index (κ1) is 11.6. The molecule has 0 heterocycles. The van der Waals surface area contributed by atoms with Gasteiger partial charge in [-0.15, -0.1) is 0 Å². The largest absolute Gasteiger partial charge is 0.480 e. The van der Waals surface area contributed by atoms with Gasteiger partial charge in [0.25, 0.3) is 0 Å². The summed E-state index contributed by atoms with van der Waals surface area (Å²) >= 11 is 3.04. The Morgan fingerprint density at radius 1 is 1.42 bits per heavy atom. The Balaban J connectivity index is 3.19. The van der Waals surface area contributed by atoms with E-state index < -0.39 is 10.8 Å². The molecule has 0 aromatic carbocycles. The highest BCUT2D eigenvalue weighted by Crippen LogP contribution is 2.11. The first-order valence-corrected chi connectivity index (χ1v) is 4.90. The van der Waals surface area contributed by atoms with Crippen molar-refractivity contribution in [2.24, 2.45) is 0 Å². The third-order valence-electron chi connectivity index (χ3n) is 1.55. The van der Waals surface area contributed by atoms with Crippen molar-refractivity contribution >= 4 is 28.2 Å². The molecule has 3 nitrogen and oxygen atoms in total. The van der Waals surface area contributed by atoms with Crippen molar-refractivity contribution in [1.82, 2.24) is 0 Å². The molecular formula is C8H13BrO3. The van der Waals surface area contributed by atoms with Crippen LogP contribution in [0.25, 0.3) is 0 Å². The third kappa shape index (κ3) is 6.34. The number of alkyl halides is 1. The number of carboxylic acids is 1. The fraction of sp³-hybridized carbons (Fsp3) is 0.750. The Labute approximate surface area is 80.3 Å². The molecule has 0 aromatic rings. The summed E-state index contributed by atoms with van der Waals surface area (Å²) in [6.07, 6.45) is 4.75. The summed E-state index contributed by atoms with van der Waals surface area (Å²) in [4.78, 5) is 19.8. The van der Waals surface area contributed by atoms with Gasteiger partial charge < -0.3 is 9.90 Å². The summed E-state index contributed by atoms with van der Waals surface area (Å²) in [6, 6.07) is 0. The van der Waals surface area contributed by atoms with Gasteiger partial charge in [-0.1, -0.05) is 28.8 Å². The van der Waals surface area contributed by atoms with Crippen LogP contribution in [-0.2, 0) is 9.59 Å². The summed E-state index contributed by atoms with van der Waals surface area (Å²) in [5.74, 6) is -0.814. The van der Waals surface area contributed by atoms with Gasteiger partial charge in [0.15, 0.2) is 0 Å². The van der Waals surface area contributed by atoms with Crippen molar-refractivity contribution in [3.05, 3.63) is 0 Å². The Kier molecular flexibility index (Phi) is 7.05. The number of carbonyl (C=O) groups excluding carboxylic acids is 1. The van der Waals surface area contributed by atoms with Crippen LogP contribution >= 0.6 is 15.9 Å². The number of carbonyl (C=O) groups is 2. The van der Waals surface area contributed by atoms with Crippen molar-refractivity contribution in [3.63, 3.8) is 0 Å². The second kappa shape index (κ2) is 7.28. The van der Waals surface area contributed by atoms with E-state index in [1.165, 1.54) is 0 Å². The van der Waals surface area contributed by atoms with Crippen LogP contribution in [0.5, 0.6) is 0 Å². The molecule has 0 fully saturated rings. The molecule has 1 atom stereocenters. The summed E-state index contributed by atoms with van der Waals surface area (Å²) in [5, 5.41) is 8.48. The van der Waals surface area contributed by atoms with Crippen molar-refractivity contribution in [2.75, 3.05) is 0 Å². The van der Waals surface area contributed by atoms with E-state index in [1.807, 2.05) is 0 Å². The molecule has 0 saturated carbocycles. The fourth-order valence-corrected chi connectivity index (χ4v) is 1.18. The lowest BCUT2D eigenvalue weighted by Gasteiger charge is -2.02. The van der Waals surface area contributed by atoms with E-state index in [0.717, 1.165) is 25.5 Å². The minimum Gasteiger partial charge on any atom is -0.480 e. The number of rotatable bonds is 7. The number of hydrogen-bond donors (Lipinski definition) is 1. The standard InChI is InChI=1S/C8H13BrO3/c9-7(8(11)12)5-3-1-2-4-6-10/h6-7H,1-5H2,(H,11,12). The molecule has 0 saturated heterocycles. The molecule has 0 aliphatic carbocycles. The first-order chi connectivity index (χ1) is 5.68. The highest BCUT2D eigenvalue weighted by Gasteiger charge is 2.11. The molecule has 4 heteroatoms.